The molecule has 4 nitrogen and oxygen atoms in total. The largest absolute Gasteiger partial charge is 0.508 e. The van der Waals surface area contributed by atoms with E-state index < -0.39 is 0 Å². The quantitative estimate of drug-likeness (QED) is 0.636. The molecule has 1 fully saturated rings. The smallest absolute Gasteiger partial charge is 0.256 e. The summed E-state index contributed by atoms with van der Waals surface area (Å²) in [5.74, 6) is 0.622. The number of carbonyl (C=O) groups is 1. The van der Waals surface area contributed by atoms with Crippen molar-refractivity contribution in [3.05, 3.63) is 23.8 Å². The number of phenolic OH excluding ortho intramolecular Hbond substituents is 1. The van der Waals surface area contributed by atoms with Crippen molar-refractivity contribution in [2.24, 2.45) is 5.92 Å². The second-order valence-electron chi connectivity index (χ2n) is 4.97. The summed E-state index contributed by atoms with van der Waals surface area (Å²) >= 11 is 0. The van der Waals surface area contributed by atoms with Crippen LogP contribution in [-0.2, 0) is 0 Å². The number of nitrogens with zero attached hydrogens (tertiary/aromatic N) is 1. The molecule has 1 unspecified atom stereocenters. The van der Waals surface area contributed by atoms with Crippen molar-refractivity contribution < 1.29 is 9.90 Å². The van der Waals surface area contributed by atoms with Crippen LogP contribution in [0.4, 0.5) is 5.69 Å². The number of aromatic hydroxyl groups is 1. The van der Waals surface area contributed by atoms with Gasteiger partial charge >= 0.3 is 0 Å². The summed E-state index contributed by atoms with van der Waals surface area (Å²) in [6.45, 7) is 3.76. The van der Waals surface area contributed by atoms with Crippen LogP contribution in [0.5, 0.6) is 5.75 Å². The zero-order valence-electron chi connectivity index (χ0n) is 10.7. The molecule has 1 heterocycles. The van der Waals surface area contributed by atoms with Gasteiger partial charge in [0.25, 0.3) is 5.91 Å². The number of amides is 1. The van der Waals surface area contributed by atoms with Gasteiger partial charge < -0.3 is 15.7 Å². The average Bonchev–Trinajstić information content (AvgIpc) is 2.80. The Labute approximate surface area is 107 Å². The highest BCUT2D eigenvalue weighted by atomic mass is 16.3. The molecule has 1 saturated heterocycles. The Morgan fingerprint density at radius 3 is 3.06 bits per heavy atom. The minimum atomic E-state index is -0.0676. The average molecular weight is 248 g/mol. The third-order valence-corrected chi connectivity index (χ3v) is 3.54. The van der Waals surface area contributed by atoms with Crippen molar-refractivity contribution in [3.8, 4) is 5.75 Å². The number of carbonyl (C=O) groups excluding carboxylic acids is 1. The highest BCUT2D eigenvalue weighted by Gasteiger charge is 2.27. The van der Waals surface area contributed by atoms with Crippen molar-refractivity contribution in [2.75, 3.05) is 18.8 Å². The van der Waals surface area contributed by atoms with Crippen molar-refractivity contribution in [2.45, 2.75) is 26.2 Å². The van der Waals surface area contributed by atoms with Gasteiger partial charge in [0.2, 0.25) is 0 Å². The van der Waals surface area contributed by atoms with E-state index in [4.69, 9.17) is 5.73 Å². The van der Waals surface area contributed by atoms with Crippen molar-refractivity contribution >= 4 is 11.6 Å². The van der Waals surface area contributed by atoms with Crippen LogP contribution in [-0.4, -0.2) is 29.0 Å². The van der Waals surface area contributed by atoms with Crippen LogP contribution in [0.25, 0.3) is 0 Å². The molecular weight excluding hydrogens is 228 g/mol. The van der Waals surface area contributed by atoms with Gasteiger partial charge in [-0.3, -0.25) is 4.79 Å². The van der Waals surface area contributed by atoms with Crippen molar-refractivity contribution in [1.29, 1.82) is 0 Å². The second kappa shape index (κ2) is 5.29. The first-order valence-corrected chi connectivity index (χ1v) is 6.49. The normalized spacial score (nSPS) is 19.2. The molecule has 0 saturated carbocycles. The zero-order valence-corrected chi connectivity index (χ0v) is 10.7. The lowest BCUT2D eigenvalue weighted by Gasteiger charge is -2.17. The molecule has 1 amide bonds. The van der Waals surface area contributed by atoms with Crippen LogP contribution in [0.2, 0.25) is 0 Å². The maximum Gasteiger partial charge on any atom is 0.256 e. The van der Waals surface area contributed by atoms with E-state index in [1.807, 2.05) is 4.90 Å². The fourth-order valence-electron chi connectivity index (χ4n) is 2.56. The number of likely N-dealkylation sites (tertiary alicyclic amines) is 1. The van der Waals surface area contributed by atoms with Gasteiger partial charge in [-0.25, -0.2) is 0 Å². The summed E-state index contributed by atoms with van der Waals surface area (Å²) in [4.78, 5) is 14.1. The minimum Gasteiger partial charge on any atom is -0.508 e. The molecule has 4 heteroatoms. The summed E-state index contributed by atoms with van der Waals surface area (Å²) < 4.78 is 0. The zero-order chi connectivity index (χ0) is 13.1. The van der Waals surface area contributed by atoms with Crippen LogP contribution in [0.1, 0.15) is 36.5 Å². The lowest BCUT2D eigenvalue weighted by atomic mass is 10.0. The molecule has 18 heavy (non-hydrogen) atoms. The molecule has 0 spiro atoms. The summed E-state index contributed by atoms with van der Waals surface area (Å²) in [7, 11) is 0. The first kappa shape index (κ1) is 12.7. The van der Waals surface area contributed by atoms with Crippen LogP contribution in [0, 0.1) is 5.92 Å². The van der Waals surface area contributed by atoms with Gasteiger partial charge in [-0.05, 0) is 37.0 Å². The van der Waals surface area contributed by atoms with Crippen molar-refractivity contribution in [3.63, 3.8) is 0 Å². The summed E-state index contributed by atoms with van der Waals surface area (Å²) in [6, 6.07) is 4.52. The number of nitrogens with two attached hydrogens (primary N) is 1. The second-order valence-corrected chi connectivity index (χ2v) is 4.97. The maximum atomic E-state index is 12.3. The minimum absolute atomic E-state index is 0.0676. The summed E-state index contributed by atoms with van der Waals surface area (Å²) in [5, 5.41) is 9.44. The summed E-state index contributed by atoms with van der Waals surface area (Å²) in [6.07, 6.45) is 3.39. The van der Waals surface area contributed by atoms with E-state index >= 15 is 0 Å². The monoisotopic (exact) mass is 248 g/mol. The molecule has 1 aliphatic heterocycles. The predicted octanol–water partition coefficient (Wildman–Crippen LogP) is 2.24. The molecular formula is C14H20N2O2. The Balaban J connectivity index is 2.10. The molecule has 0 aliphatic carbocycles. The van der Waals surface area contributed by atoms with E-state index in [9.17, 15) is 9.90 Å². The van der Waals surface area contributed by atoms with E-state index in [1.165, 1.54) is 18.6 Å². The third kappa shape index (κ3) is 2.58. The van der Waals surface area contributed by atoms with Gasteiger partial charge in [0.1, 0.15) is 5.75 Å². The fourth-order valence-corrected chi connectivity index (χ4v) is 2.56. The lowest BCUT2D eigenvalue weighted by Crippen LogP contribution is -2.29. The number of hydrogen-bond acceptors (Lipinski definition) is 3. The standard InChI is InChI=1S/C14H20N2O2/c1-2-3-10-6-7-16(9-10)14(18)12-8-11(17)4-5-13(12)15/h4-5,8,10,17H,2-3,6-7,9,15H2,1H3. The topological polar surface area (TPSA) is 66.6 Å². The van der Waals surface area contributed by atoms with E-state index in [-0.39, 0.29) is 11.7 Å². The Morgan fingerprint density at radius 1 is 1.56 bits per heavy atom. The van der Waals surface area contributed by atoms with Gasteiger partial charge in [0.15, 0.2) is 0 Å². The van der Waals surface area contributed by atoms with Gasteiger partial charge in [-0.15, -0.1) is 0 Å². The number of phenols is 1. The molecule has 0 aromatic heterocycles. The SMILES string of the molecule is CCCC1CCN(C(=O)c2cc(O)ccc2N)C1. The Kier molecular flexibility index (Phi) is 3.75. The van der Waals surface area contributed by atoms with Gasteiger partial charge in [0.05, 0.1) is 5.56 Å². The summed E-state index contributed by atoms with van der Waals surface area (Å²) in [5.41, 5.74) is 6.63. The van der Waals surface area contributed by atoms with E-state index in [0.717, 1.165) is 25.9 Å². The molecule has 0 bridgehead atoms. The predicted molar refractivity (Wildman–Crippen MR) is 71.4 cm³/mol. The highest BCUT2D eigenvalue weighted by Crippen LogP contribution is 2.25. The first-order valence-electron chi connectivity index (χ1n) is 6.49. The lowest BCUT2D eigenvalue weighted by molar-refractivity contribution is 0.0787. The van der Waals surface area contributed by atoms with Gasteiger partial charge in [-0.1, -0.05) is 13.3 Å². The number of anilines is 1. The van der Waals surface area contributed by atoms with E-state index in [2.05, 4.69) is 6.92 Å². The molecule has 0 radical (unpaired) electrons. The van der Waals surface area contributed by atoms with Gasteiger partial charge in [0, 0.05) is 18.8 Å². The number of rotatable bonds is 3. The Hall–Kier alpha value is -1.71. The van der Waals surface area contributed by atoms with Crippen LogP contribution >= 0.6 is 0 Å². The molecule has 1 aromatic rings. The van der Waals surface area contributed by atoms with Crippen LogP contribution < -0.4 is 5.73 Å². The van der Waals surface area contributed by atoms with Crippen LogP contribution in [0.15, 0.2) is 18.2 Å². The molecule has 98 valence electrons. The van der Waals surface area contributed by atoms with Gasteiger partial charge in [-0.2, -0.15) is 0 Å². The maximum absolute atomic E-state index is 12.3. The molecule has 1 aromatic carbocycles. The number of hydrogen-bond donors (Lipinski definition) is 2. The third-order valence-electron chi connectivity index (χ3n) is 3.54. The first-order chi connectivity index (χ1) is 8.61. The number of benzene rings is 1. The molecule has 1 atom stereocenters. The van der Waals surface area contributed by atoms with Crippen LogP contribution in [0.3, 0.4) is 0 Å². The van der Waals surface area contributed by atoms with E-state index in [0.29, 0.717) is 17.2 Å². The Bertz CT molecular complexity index is 445. The fraction of sp³-hybridized carbons (Fsp3) is 0.500. The Morgan fingerprint density at radius 2 is 2.33 bits per heavy atom. The molecule has 1 aliphatic rings. The molecule has 2 rings (SSSR count). The van der Waals surface area contributed by atoms with E-state index in [1.54, 1.807) is 6.07 Å². The van der Waals surface area contributed by atoms with Crippen molar-refractivity contribution in [1.82, 2.24) is 4.90 Å². The number of nitrogen functional groups attached to an aromatic ring is 1. The highest BCUT2D eigenvalue weighted by molar-refractivity contribution is 5.99. The molecule has 3 N–H and O–H groups in total.